The summed E-state index contributed by atoms with van der Waals surface area (Å²) < 4.78 is 1.87. The van der Waals surface area contributed by atoms with Crippen molar-refractivity contribution in [2.45, 2.75) is 18.5 Å². The van der Waals surface area contributed by atoms with Crippen LogP contribution in [0.25, 0.3) is 0 Å². The molecule has 0 fully saturated rings. The van der Waals surface area contributed by atoms with Gasteiger partial charge in [0.2, 0.25) is 5.91 Å². The number of carbonyl (C=O) groups excluding carboxylic acids is 1. The van der Waals surface area contributed by atoms with Crippen LogP contribution in [-0.4, -0.2) is 26.4 Å². The molecule has 0 aliphatic heterocycles. The minimum Gasteiger partial charge on any atom is -0.324 e. The second kappa shape index (κ2) is 7.55. The van der Waals surface area contributed by atoms with Gasteiger partial charge >= 0.3 is 0 Å². The smallest absolute Gasteiger partial charge is 0.234 e. The molecule has 0 aliphatic carbocycles. The molecule has 0 atom stereocenters. The summed E-state index contributed by atoms with van der Waals surface area (Å²) in [6, 6.07) is 3.01. The summed E-state index contributed by atoms with van der Waals surface area (Å²) in [6.07, 6.45) is 0.787. The van der Waals surface area contributed by atoms with Crippen LogP contribution in [0.2, 0.25) is 15.1 Å². The molecular formula is C13H13Cl3N4OS. The first-order chi connectivity index (χ1) is 10.4. The average molecular weight is 380 g/mol. The van der Waals surface area contributed by atoms with Crippen molar-refractivity contribution < 1.29 is 4.79 Å². The Morgan fingerprint density at radius 1 is 1.23 bits per heavy atom. The van der Waals surface area contributed by atoms with E-state index in [0.717, 1.165) is 12.2 Å². The molecule has 2 aromatic rings. The maximum Gasteiger partial charge on any atom is 0.234 e. The van der Waals surface area contributed by atoms with Crippen LogP contribution < -0.4 is 5.32 Å². The number of nitrogens with zero attached hydrogens (tertiary/aromatic N) is 3. The predicted molar refractivity (Wildman–Crippen MR) is 91.2 cm³/mol. The van der Waals surface area contributed by atoms with Gasteiger partial charge in [-0.25, -0.2) is 0 Å². The quantitative estimate of drug-likeness (QED) is 0.628. The highest BCUT2D eigenvalue weighted by Gasteiger charge is 2.12. The largest absolute Gasteiger partial charge is 0.324 e. The van der Waals surface area contributed by atoms with Gasteiger partial charge in [-0.2, -0.15) is 0 Å². The highest BCUT2D eigenvalue weighted by Crippen LogP contribution is 2.32. The number of amides is 1. The molecular weight excluding hydrogens is 367 g/mol. The lowest BCUT2D eigenvalue weighted by atomic mass is 10.3. The van der Waals surface area contributed by atoms with Crippen LogP contribution in [0.5, 0.6) is 0 Å². The zero-order valence-electron chi connectivity index (χ0n) is 11.9. The van der Waals surface area contributed by atoms with Crippen LogP contribution in [0.3, 0.4) is 0 Å². The van der Waals surface area contributed by atoms with E-state index >= 15 is 0 Å². The Hall–Kier alpha value is -0.950. The molecule has 118 valence electrons. The number of carbonyl (C=O) groups is 1. The zero-order valence-corrected chi connectivity index (χ0v) is 14.9. The van der Waals surface area contributed by atoms with E-state index in [-0.39, 0.29) is 11.7 Å². The van der Waals surface area contributed by atoms with Crippen molar-refractivity contribution in [1.82, 2.24) is 14.8 Å². The van der Waals surface area contributed by atoms with Gasteiger partial charge in [-0.1, -0.05) is 53.5 Å². The molecule has 2 rings (SSSR count). The first kappa shape index (κ1) is 17.4. The van der Waals surface area contributed by atoms with Crippen molar-refractivity contribution in [1.29, 1.82) is 0 Å². The molecule has 0 aliphatic rings. The monoisotopic (exact) mass is 378 g/mol. The number of rotatable bonds is 5. The molecule has 9 heteroatoms. The average Bonchev–Trinajstić information content (AvgIpc) is 2.83. The van der Waals surface area contributed by atoms with Crippen molar-refractivity contribution in [2.24, 2.45) is 7.05 Å². The Bertz CT molecular complexity index is 705. The summed E-state index contributed by atoms with van der Waals surface area (Å²) in [5, 5.41) is 12.5. The van der Waals surface area contributed by atoms with Gasteiger partial charge in [0, 0.05) is 13.5 Å². The molecule has 22 heavy (non-hydrogen) atoms. The number of nitrogens with one attached hydrogen (secondary N) is 1. The highest BCUT2D eigenvalue weighted by molar-refractivity contribution is 7.99. The SMILES string of the molecule is CCc1nnc(SCC(=O)Nc2cc(Cl)c(Cl)cc2Cl)n1C. The Labute approximate surface area is 147 Å². The first-order valence-corrected chi connectivity index (χ1v) is 8.49. The molecule has 0 bridgehead atoms. The molecule has 5 nitrogen and oxygen atoms in total. The number of thioether (sulfide) groups is 1. The summed E-state index contributed by atoms with van der Waals surface area (Å²) in [5.41, 5.74) is 0.425. The topological polar surface area (TPSA) is 59.8 Å². The molecule has 0 unspecified atom stereocenters. The van der Waals surface area contributed by atoms with Crippen molar-refractivity contribution in [3.05, 3.63) is 33.0 Å². The number of aryl methyl sites for hydroxylation is 1. The van der Waals surface area contributed by atoms with E-state index in [9.17, 15) is 4.79 Å². The predicted octanol–water partition coefficient (Wildman–Crippen LogP) is 4.07. The third kappa shape index (κ3) is 4.07. The molecule has 0 spiro atoms. The molecule has 1 N–H and O–H groups in total. The van der Waals surface area contributed by atoms with E-state index < -0.39 is 0 Å². The highest BCUT2D eigenvalue weighted by atomic mass is 35.5. The van der Waals surface area contributed by atoms with E-state index in [4.69, 9.17) is 34.8 Å². The second-order valence-corrected chi connectivity index (χ2v) is 6.56. The number of halogens is 3. The summed E-state index contributed by atoms with van der Waals surface area (Å²) in [4.78, 5) is 12.0. The van der Waals surface area contributed by atoms with E-state index in [1.165, 1.54) is 23.9 Å². The summed E-state index contributed by atoms with van der Waals surface area (Å²) in [7, 11) is 1.87. The lowest BCUT2D eigenvalue weighted by Gasteiger charge is -2.08. The number of anilines is 1. The van der Waals surface area contributed by atoms with Crippen LogP contribution in [0.1, 0.15) is 12.7 Å². The van der Waals surface area contributed by atoms with Crippen molar-refractivity contribution >= 4 is 58.2 Å². The molecule has 1 aromatic heterocycles. The fourth-order valence-corrected chi connectivity index (χ4v) is 3.04. The summed E-state index contributed by atoms with van der Waals surface area (Å²) in [6.45, 7) is 2.00. The van der Waals surface area contributed by atoms with Gasteiger partial charge in [0.15, 0.2) is 5.16 Å². The number of hydrogen-bond donors (Lipinski definition) is 1. The van der Waals surface area contributed by atoms with Gasteiger partial charge in [0.05, 0.1) is 26.5 Å². The molecule has 0 radical (unpaired) electrons. The molecule has 0 saturated heterocycles. The van der Waals surface area contributed by atoms with Crippen LogP contribution in [-0.2, 0) is 18.3 Å². The van der Waals surface area contributed by atoms with Crippen LogP contribution >= 0.6 is 46.6 Å². The number of hydrogen-bond acceptors (Lipinski definition) is 4. The first-order valence-electron chi connectivity index (χ1n) is 6.37. The van der Waals surface area contributed by atoms with Crippen molar-refractivity contribution in [3.63, 3.8) is 0 Å². The van der Waals surface area contributed by atoms with Crippen molar-refractivity contribution in [2.75, 3.05) is 11.1 Å². The summed E-state index contributed by atoms with van der Waals surface area (Å²) >= 11 is 19.1. The fourth-order valence-electron chi connectivity index (χ4n) is 1.71. The third-order valence-corrected chi connectivity index (χ3v) is 4.91. The molecule has 1 amide bonds. The van der Waals surface area contributed by atoms with E-state index in [0.29, 0.717) is 25.9 Å². The Morgan fingerprint density at radius 3 is 2.55 bits per heavy atom. The van der Waals surface area contributed by atoms with Crippen LogP contribution in [0.15, 0.2) is 17.3 Å². The fraction of sp³-hybridized carbons (Fsp3) is 0.308. The summed E-state index contributed by atoms with van der Waals surface area (Å²) in [5.74, 6) is 0.841. The van der Waals surface area contributed by atoms with E-state index in [1.54, 1.807) is 0 Å². The maximum absolute atomic E-state index is 12.0. The molecule has 1 heterocycles. The zero-order chi connectivity index (χ0) is 16.3. The Balaban J connectivity index is 1.99. The van der Waals surface area contributed by atoms with Gasteiger partial charge < -0.3 is 9.88 Å². The lowest BCUT2D eigenvalue weighted by molar-refractivity contribution is -0.113. The van der Waals surface area contributed by atoms with E-state index in [2.05, 4.69) is 15.5 Å². The Kier molecular flexibility index (Phi) is 5.97. The lowest BCUT2D eigenvalue weighted by Crippen LogP contribution is -2.15. The van der Waals surface area contributed by atoms with Crippen LogP contribution in [0.4, 0.5) is 5.69 Å². The maximum atomic E-state index is 12.0. The third-order valence-electron chi connectivity index (χ3n) is 2.86. The van der Waals surface area contributed by atoms with Gasteiger partial charge in [0.25, 0.3) is 0 Å². The van der Waals surface area contributed by atoms with Gasteiger partial charge in [0.1, 0.15) is 5.82 Å². The minimum absolute atomic E-state index is 0.187. The molecule has 0 saturated carbocycles. The van der Waals surface area contributed by atoms with Gasteiger partial charge in [-0.15, -0.1) is 10.2 Å². The number of benzene rings is 1. The minimum atomic E-state index is -0.216. The van der Waals surface area contributed by atoms with Crippen LogP contribution in [0, 0.1) is 0 Å². The Morgan fingerprint density at radius 2 is 1.91 bits per heavy atom. The van der Waals surface area contributed by atoms with Gasteiger partial charge in [-0.05, 0) is 12.1 Å². The van der Waals surface area contributed by atoms with Crippen molar-refractivity contribution in [3.8, 4) is 0 Å². The molecule has 1 aromatic carbocycles. The van der Waals surface area contributed by atoms with Gasteiger partial charge in [-0.3, -0.25) is 4.79 Å². The normalized spacial score (nSPS) is 10.8. The standard InChI is InChI=1S/C13H13Cl3N4OS/c1-3-11-18-19-13(20(11)2)22-6-12(21)17-10-5-8(15)7(14)4-9(10)16/h4-5H,3,6H2,1-2H3,(H,17,21). The second-order valence-electron chi connectivity index (χ2n) is 4.39. The van der Waals surface area contributed by atoms with E-state index in [1.807, 2.05) is 18.5 Å². The number of aromatic nitrogens is 3.